The molecule has 2 aliphatic heterocycles. The molecule has 9 heteroatoms. The van der Waals surface area contributed by atoms with Crippen LogP contribution in [0, 0.1) is 0 Å². The highest BCUT2D eigenvalue weighted by Crippen LogP contribution is 2.29. The van der Waals surface area contributed by atoms with Gasteiger partial charge in [-0.1, -0.05) is 23.5 Å². The molecular weight excluding hydrogens is 366 g/mol. The Bertz CT molecular complexity index is 850. The largest absolute Gasteiger partial charge is 0.346 e. The van der Waals surface area contributed by atoms with Crippen molar-refractivity contribution < 1.29 is 14.4 Å². The number of urea groups is 1. The van der Waals surface area contributed by atoms with Crippen LogP contribution in [0.5, 0.6) is 0 Å². The standard InChI is InChI=1S/C18H21N5O3S/c24-15(7-6-13-16(25)21-17(26)19-13)22-8-3-9-23(11-10-22)18-20-12-4-1-2-5-14(12)27-18/h1-2,4-5,13H,3,6-11H2,(H2,19,21,25,26)/t13-/m0/s1. The number of fused-ring (bicyclic) bond motifs is 1. The number of carbonyl (C=O) groups excluding carboxylic acids is 3. The van der Waals surface area contributed by atoms with Gasteiger partial charge in [-0.2, -0.15) is 0 Å². The van der Waals surface area contributed by atoms with E-state index in [4.69, 9.17) is 4.98 Å². The van der Waals surface area contributed by atoms with Gasteiger partial charge >= 0.3 is 6.03 Å². The number of carbonyl (C=O) groups is 3. The molecule has 3 heterocycles. The summed E-state index contributed by atoms with van der Waals surface area (Å²) in [6, 6.07) is 7.00. The van der Waals surface area contributed by atoms with Crippen molar-refractivity contribution in [2.45, 2.75) is 25.3 Å². The molecule has 2 N–H and O–H groups in total. The van der Waals surface area contributed by atoms with E-state index in [1.165, 1.54) is 4.70 Å². The molecule has 0 bridgehead atoms. The molecule has 4 rings (SSSR count). The summed E-state index contributed by atoms with van der Waals surface area (Å²) >= 11 is 1.68. The van der Waals surface area contributed by atoms with E-state index in [2.05, 4.69) is 21.6 Å². The van der Waals surface area contributed by atoms with Crippen molar-refractivity contribution >= 4 is 44.5 Å². The summed E-state index contributed by atoms with van der Waals surface area (Å²) in [5.74, 6) is -0.333. The molecule has 142 valence electrons. The van der Waals surface area contributed by atoms with Crippen LogP contribution in [-0.2, 0) is 9.59 Å². The maximum absolute atomic E-state index is 12.5. The van der Waals surface area contributed by atoms with Gasteiger partial charge in [0.2, 0.25) is 5.91 Å². The summed E-state index contributed by atoms with van der Waals surface area (Å²) in [4.78, 5) is 44.0. The number of amides is 4. The van der Waals surface area contributed by atoms with Crippen LogP contribution in [-0.4, -0.2) is 60.0 Å². The third-order valence-corrected chi connectivity index (χ3v) is 6.00. The lowest BCUT2D eigenvalue weighted by atomic mass is 10.1. The summed E-state index contributed by atoms with van der Waals surface area (Å²) in [7, 11) is 0. The lowest BCUT2D eigenvalue weighted by molar-refractivity contribution is -0.131. The molecule has 1 aromatic heterocycles. The van der Waals surface area contributed by atoms with Crippen LogP contribution in [0.3, 0.4) is 0 Å². The van der Waals surface area contributed by atoms with Crippen molar-refractivity contribution in [2.24, 2.45) is 0 Å². The number of benzene rings is 1. The Hall–Kier alpha value is -2.68. The molecule has 4 amide bonds. The number of thiazole rings is 1. The minimum atomic E-state index is -0.604. The second-order valence-electron chi connectivity index (χ2n) is 6.74. The molecule has 1 atom stereocenters. The highest BCUT2D eigenvalue weighted by Gasteiger charge is 2.30. The average molecular weight is 387 g/mol. The fourth-order valence-electron chi connectivity index (χ4n) is 3.44. The first-order chi connectivity index (χ1) is 13.1. The van der Waals surface area contributed by atoms with Crippen molar-refractivity contribution in [3.8, 4) is 0 Å². The van der Waals surface area contributed by atoms with E-state index in [9.17, 15) is 14.4 Å². The number of imide groups is 1. The molecule has 2 saturated heterocycles. The maximum Gasteiger partial charge on any atom is 0.322 e. The van der Waals surface area contributed by atoms with Crippen LogP contribution in [0.2, 0.25) is 0 Å². The number of hydrogen-bond donors (Lipinski definition) is 2. The summed E-state index contributed by atoms with van der Waals surface area (Å²) in [6.07, 6.45) is 1.45. The SMILES string of the molecule is O=C1NC(=O)[C@H](CCC(=O)N2CCCN(c3nc4ccccc4s3)CC2)N1. The lowest BCUT2D eigenvalue weighted by Gasteiger charge is -2.22. The number of hydrogen-bond acceptors (Lipinski definition) is 6. The number of para-hydroxylation sites is 1. The van der Waals surface area contributed by atoms with E-state index in [1.807, 2.05) is 23.1 Å². The van der Waals surface area contributed by atoms with Crippen molar-refractivity contribution in [3.05, 3.63) is 24.3 Å². The van der Waals surface area contributed by atoms with Crippen molar-refractivity contribution in [1.82, 2.24) is 20.5 Å². The molecule has 2 aromatic rings. The van der Waals surface area contributed by atoms with Crippen LogP contribution < -0.4 is 15.5 Å². The Labute approximate surface area is 160 Å². The fraction of sp³-hybridized carbons (Fsp3) is 0.444. The van der Waals surface area contributed by atoms with Gasteiger partial charge < -0.3 is 15.1 Å². The van der Waals surface area contributed by atoms with Crippen molar-refractivity contribution in [3.63, 3.8) is 0 Å². The minimum Gasteiger partial charge on any atom is -0.346 e. The van der Waals surface area contributed by atoms with E-state index in [0.717, 1.165) is 30.2 Å². The van der Waals surface area contributed by atoms with E-state index in [-0.39, 0.29) is 18.2 Å². The second kappa shape index (κ2) is 7.51. The molecule has 0 spiro atoms. The number of aromatic nitrogens is 1. The highest BCUT2D eigenvalue weighted by molar-refractivity contribution is 7.22. The Kier molecular flexibility index (Phi) is 4.93. The molecule has 0 aliphatic carbocycles. The first-order valence-corrected chi connectivity index (χ1v) is 9.91. The topological polar surface area (TPSA) is 94.6 Å². The molecule has 1 aromatic carbocycles. The highest BCUT2D eigenvalue weighted by atomic mass is 32.1. The number of anilines is 1. The number of nitrogens with one attached hydrogen (secondary N) is 2. The molecule has 0 saturated carbocycles. The van der Waals surface area contributed by atoms with E-state index in [0.29, 0.717) is 19.5 Å². The second-order valence-corrected chi connectivity index (χ2v) is 7.75. The van der Waals surface area contributed by atoms with Crippen LogP contribution in [0.25, 0.3) is 10.2 Å². The molecule has 0 unspecified atom stereocenters. The Balaban J connectivity index is 1.33. The normalized spacial score (nSPS) is 20.5. The van der Waals surface area contributed by atoms with Crippen molar-refractivity contribution in [1.29, 1.82) is 0 Å². The smallest absolute Gasteiger partial charge is 0.322 e. The molecule has 2 aliphatic rings. The van der Waals surface area contributed by atoms with Crippen LogP contribution in [0.1, 0.15) is 19.3 Å². The molecule has 2 fully saturated rings. The summed E-state index contributed by atoms with van der Waals surface area (Å²) < 4.78 is 1.17. The lowest BCUT2D eigenvalue weighted by Crippen LogP contribution is -2.37. The zero-order valence-electron chi connectivity index (χ0n) is 14.8. The summed E-state index contributed by atoms with van der Waals surface area (Å²) in [5.41, 5.74) is 1.01. The molecule has 0 radical (unpaired) electrons. The van der Waals surface area contributed by atoms with Gasteiger partial charge in [-0.15, -0.1) is 0 Å². The monoisotopic (exact) mass is 387 g/mol. The van der Waals surface area contributed by atoms with Crippen LogP contribution in [0.4, 0.5) is 9.93 Å². The first-order valence-electron chi connectivity index (χ1n) is 9.10. The van der Waals surface area contributed by atoms with Crippen molar-refractivity contribution in [2.75, 3.05) is 31.1 Å². The zero-order chi connectivity index (χ0) is 18.8. The van der Waals surface area contributed by atoms with Gasteiger partial charge in [-0.05, 0) is 25.0 Å². The predicted octanol–water partition coefficient (Wildman–Crippen LogP) is 1.32. The Morgan fingerprint density at radius 2 is 2.04 bits per heavy atom. The zero-order valence-corrected chi connectivity index (χ0v) is 15.6. The van der Waals surface area contributed by atoms with Gasteiger partial charge in [0, 0.05) is 32.6 Å². The summed E-state index contributed by atoms with van der Waals surface area (Å²) in [5, 5.41) is 5.71. The number of rotatable bonds is 4. The molecule has 8 nitrogen and oxygen atoms in total. The number of nitrogens with zero attached hydrogens (tertiary/aromatic N) is 3. The van der Waals surface area contributed by atoms with Crippen LogP contribution >= 0.6 is 11.3 Å². The van der Waals surface area contributed by atoms with Gasteiger partial charge in [0.1, 0.15) is 6.04 Å². The maximum atomic E-state index is 12.5. The molecular formula is C18H21N5O3S. The Morgan fingerprint density at radius 1 is 1.19 bits per heavy atom. The third kappa shape index (κ3) is 3.87. The van der Waals surface area contributed by atoms with E-state index < -0.39 is 12.1 Å². The molecule has 27 heavy (non-hydrogen) atoms. The van der Waals surface area contributed by atoms with Gasteiger partial charge in [0.05, 0.1) is 10.2 Å². The average Bonchev–Trinajstić information content (AvgIpc) is 3.12. The predicted molar refractivity (Wildman–Crippen MR) is 103 cm³/mol. The van der Waals surface area contributed by atoms with Gasteiger partial charge in [-0.3, -0.25) is 14.9 Å². The third-order valence-electron chi connectivity index (χ3n) is 4.91. The fourth-order valence-corrected chi connectivity index (χ4v) is 4.46. The van der Waals surface area contributed by atoms with E-state index >= 15 is 0 Å². The minimum absolute atomic E-state index is 0.0232. The van der Waals surface area contributed by atoms with Gasteiger partial charge in [0.15, 0.2) is 5.13 Å². The van der Waals surface area contributed by atoms with Crippen LogP contribution in [0.15, 0.2) is 24.3 Å². The summed E-state index contributed by atoms with van der Waals surface area (Å²) in [6.45, 7) is 2.94. The Morgan fingerprint density at radius 3 is 2.81 bits per heavy atom. The van der Waals surface area contributed by atoms with Gasteiger partial charge in [-0.25, -0.2) is 9.78 Å². The first kappa shape index (κ1) is 17.7. The van der Waals surface area contributed by atoms with E-state index in [1.54, 1.807) is 11.3 Å². The quantitative estimate of drug-likeness (QED) is 0.772. The van der Waals surface area contributed by atoms with Gasteiger partial charge in [0.25, 0.3) is 5.91 Å².